The van der Waals surface area contributed by atoms with Gasteiger partial charge in [-0.05, 0) is 27.4 Å². The third-order valence-corrected chi connectivity index (χ3v) is 4.02. The van der Waals surface area contributed by atoms with Crippen LogP contribution in [0.15, 0.2) is 15.9 Å². The van der Waals surface area contributed by atoms with Crippen molar-refractivity contribution in [1.82, 2.24) is 0 Å². The standard InChI is InChI=1S/C5H5BrO4S2/c6-3-1-2-11-4(3)5(7)12(8,9)10/h1-2,5,7H,(H,8,9,10). The first kappa shape index (κ1) is 10.1. The van der Waals surface area contributed by atoms with E-state index in [4.69, 9.17) is 9.66 Å². The van der Waals surface area contributed by atoms with Crippen molar-refractivity contribution in [2.24, 2.45) is 0 Å². The highest BCUT2D eigenvalue weighted by Gasteiger charge is 2.24. The molecule has 0 spiro atoms. The zero-order valence-electron chi connectivity index (χ0n) is 5.64. The Morgan fingerprint density at radius 2 is 2.17 bits per heavy atom. The maximum Gasteiger partial charge on any atom is 0.297 e. The van der Waals surface area contributed by atoms with E-state index in [1.54, 1.807) is 11.4 Å². The van der Waals surface area contributed by atoms with Gasteiger partial charge in [0.1, 0.15) is 0 Å². The van der Waals surface area contributed by atoms with E-state index in [9.17, 15) is 8.42 Å². The summed E-state index contributed by atoms with van der Waals surface area (Å²) < 4.78 is 29.9. The lowest BCUT2D eigenvalue weighted by Crippen LogP contribution is -2.09. The Balaban J connectivity index is 3.09. The lowest BCUT2D eigenvalue weighted by Gasteiger charge is -2.04. The average Bonchev–Trinajstić information content (AvgIpc) is 2.31. The van der Waals surface area contributed by atoms with Crippen LogP contribution in [-0.4, -0.2) is 18.1 Å². The summed E-state index contributed by atoms with van der Waals surface area (Å²) in [4.78, 5) is 0.178. The molecule has 7 heteroatoms. The van der Waals surface area contributed by atoms with Crippen molar-refractivity contribution in [2.75, 3.05) is 0 Å². The molecule has 0 aromatic carbocycles. The molecule has 0 saturated carbocycles. The molecule has 1 heterocycles. The molecule has 2 N–H and O–H groups in total. The average molecular weight is 273 g/mol. The molecule has 0 radical (unpaired) electrons. The number of rotatable bonds is 2. The number of aliphatic hydroxyl groups is 1. The van der Waals surface area contributed by atoms with E-state index < -0.39 is 15.6 Å². The van der Waals surface area contributed by atoms with Gasteiger partial charge >= 0.3 is 0 Å². The fourth-order valence-corrected chi connectivity index (χ4v) is 3.15. The van der Waals surface area contributed by atoms with Gasteiger partial charge in [-0.1, -0.05) is 0 Å². The van der Waals surface area contributed by atoms with Crippen LogP contribution < -0.4 is 0 Å². The molecule has 1 atom stereocenters. The van der Waals surface area contributed by atoms with Crippen LogP contribution in [0.3, 0.4) is 0 Å². The molecule has 0 aliphatic heterocycles. The van der Waals surface area contributed by atoms with E-state index in [0.717, 1.165) is 11.3 Å². The number of hydrogen-bond acceptors (Lipinski definition) is 4. The second-order valence-corrected chi connectivity index (χ2v) is 5.28. The quantitative estimate of drug-likeness (QED) is 0.798. The van der Waals surface area contributed by atoms with Gasteiger partial charge < -0.3 is 5.11 Å². The normalized spacial score (nSPS) is 14.6. The van der Waals surface area contributed by atoms with Crippen LogP contribution in [0.5, 0.6) is 0 Å². The van der Waals surface area contributed by atoms with Crippen LogP contribution in [0.4, 0.5) is 0 Å². The minimum absolute atomic E-state index is 0.178. The zero-order chi connectivity index (χ0) is 9.35. The molecule has 1 unspecified atom stereocenters. The molecule has 0 saturated heterocycles. The second kappa shape index (κ2) is 3.43. The Labute approximate surface area is 81.7 Å². The predicted octanol–water partition coefficient (Wildman–Crippen LogP) is 1.39. The number of aliphatic hydroxyl groups excluding tert-OH is 1. The fraction of sp³-hybridized carbons (Fsp3) is 0.200. The van der Waals surface area contributed by atoms with Crippen molar-refractivity contribution >= 4 is 37.4 Å². The summed E-state index contributed by atoms with van der Waals surface area (Å²) in [5, 5.41) is 10.7. The van der Waals surface area contributed by atoms with Crippen LogP contribution in [0.25, 0.3) is 0 Å². The van der Waals surface area contributed by atoms with Gasteiger partial charge in [-0.2, -0.15) is 8.42 Å². The van der Waals surface area contributed by atoms with Crippen LogP contribution in [0.2, 0.25) is 0 Å². The van der Waals surface area contributed by atoms with Crippen molar-refractivity contribution in [3.63, 3.8) is 0 Å². The Morgan fingerprint density at radius 1 is 1.58 bits per heavy atom. The Morgan fingerprint density at radius 3 is 2.50 bits per heavy atom. The SMILES string of the molecule is O=S(=O)(O)C(O)c1sccc1Br. The summed E-state index contributed by atoms with van der Waals surface area (Å²) in [6.45, 7) is 0. The molecule has 0 amide bonds. The van der Waals surface area contributed by atoms with Gasteiger partial charge in [-0.3, -0.25) is 4.55 Å². The van der Waals surface area contributed by atoms with Crippen LogP contribution in [-0.2, 0) is 10.1 Å². The summed E-state index contributed by atoms with van der Waals surface area (Å²) >= 11 is 4.08. The van der Waals surface area contributed by atoms with E-state index in [1.165, 1.54) is 0 Å². The van der Waals surface area contributed by atoms with Crippen molar-refractivity contribution in [2.45, 2.75) is 5.44 Å². The Bertz CT molecular complexity index is 369. The predicted molar refractivity (Wildman–Crippen MR) is 48.5 cm³/mol. The first-order valence-electron chi connectivity index (χ1n) is 2.80. The number of hydrogen-bond donors (Lipinski definition) is 2. The highest BCUT2D eigenvalue weighted by molar-refractivity contribution is 9.10. The second-order valence-electron chi connectivity index (χ2n) is 2.00. The number of halogens is 1. The van der Waals surface area contributed by atoms with Gasteiger partial charge in [-0.25, -0.2) is 0 Å². The maximum atomic E-state index is 10.5. The number of thiophene rings is 1. The lowest BCUT2D eigenvalue weighted by molar-refractivity contribution is 0.241. The minimum Gasteiger partial charge on any atom is -0.371 e. The molecule has 1 rings (SSSR count). The van der Waals surface area contributed by atoms with Crippen molar-refractivity contribution in [1.29, 1.82) is 0 Å². The van der Waals surface area contributed by atoms with Gasteiger partial charge in [0.2, 0.25) is 5.44 Å². The topological polar surface area (TPSA) is 74.6 Å². The molecule has 0 aliphatic carbocycles. The molecular formula is C5H5BrO4S2. The molecule has 1 aromatic heterocycles. The third kappa shape index (κ3) is 2.05. The van der Waals surface area contributed by atoms with Gasteiger partial charge in [-0.15, -0.1) is 11.3 Å². The van der Waals surface area contributed by atoms with Gasteiger partial charge in [0.05, 0.1) is 4.88 Å². The Kier molecular flexibility index (Phi) is 2.89. The van der Waals surface area contributed by atoms with E-state index in [1.807, 2.05) is 0 Å². The van der Waals surface area contributed by atoms with E-state index in [2.05, 4.69) is 15.9 Å². The maximum absolute atomic E-state index is 10.5. The van der Waals surface area contributed by atoms with Gasteiger partial charge in [0.15, 0.2) is 0 Å². The molecule has 0 aliphatic rings. The van der Waals surface area contributed by atoms with E-state index in [-0.39, 0.29) is 4.88 Å². The van der Waals surface area contributed by atoms with Crippen LogP contribution in [0, 0.1) is 0 Å². The molecule has 12 heavy (non-hydrogen) atoms. The van der Waals surface area contributed by atoms with Gasteiger partial charge in [0.25, 0.3) is 10.1 Å². The van der Waals surface area contributed by atoms with Crippen LogP contribution >= 0.6 is 27.3 Å². The molecular weight excluding hydrogens is 268 g/mol. The first-order chi connectivity index (χ1) is 5.43. The molecule has 0 bridgehead atoms. The zero-order valence-corrected chi connectivity index (χ0v) is 8.86. The minimum atomic E-state index is -4.41. The summed E-state index contributed by atoms with van der Waals surface area (Å²) in [6.07, 6.45) is 0. The largest absolute Gasteiger partial charge is 0.371 e. The fourth-order valence-electron chi connectivity index (χ4n) is 0.617. The molecule has 4 nitrogen and oxygen atoms in total. The summed E-state index contributed by atoms with van der Waals surface area (Å²) in [5.41, 5.74) is -1.85. The monoisotopic (exact) mass is 272 g/mol. The summed E-state index contributed by atoms with van der Waals surface area (Å²) in [6, 6.07) is 1.59. The van der Waals surface area contributed by atoms with Crippen molar-refractivity contribution < 1.29 is 18.1 Å². The highest BCUT2D eigenvalue weighted by atomic mass is 79.9. The summed E-state index contributed by atoms with van der Waals surface area (Å²) in [7, 11) is -4.41. The van der Waals surface area contributed by atoms with E-state index >= 15 is 0 Å². The van der Waals surface area contributed by atoms with E-state index in [0.29, 0.717) is 4.47 Å². The van der Waals surface area contributed by atoms with Crippen LogP contribution in [0.1, 0.15) is 10.3 Å². The third-order valence-electron chi connectivity index (χ3n) is 1.15. The van der Waals surface area contributed by atoms with Crippen molar-refractivity contribution in [3.05, 3.63) is 20.8 Å². The molecule has 0 fully saturated rings. The molecule has 68 valence electrons. The Hall–Kier alpha value is 0.0500. The summed E-state index contributed by atoms with van der Waals surface area (Å²) in [5.74, 6) is 0. The molecule has 1 aromatic rings. The highest BCUT2D eigenvalue weighted by Crippen LogP contribution is 2.31. The smallest absolute Gasteiger partial charge is 0.297 e. The van der Waals surface area contributed by atoms with Gasteiger partial charge in [0, 0.05) is 4.47 Å². The lowest BCUT2D eigenvalue weighted by atomic mass is 10.5. The van der Waals surface area contributed by atoms with Crippen molar-refractivity contribution in [3.8, 4) is 0 Å². The first-order valence-corrected chi connectivity index (χ1v) is 5.98.